The van der Waals surface area contributed by atoms with Gasteiger partial charge in [0.05, 0.1) is 13.2 Å². The van der Waals surface area contributed by atoms with Crippen LogP contribution in [0.2, 0.25) is 0 Å². The van der Waals surface area contributed by atoms with Gasteiger partial charge in [-0.05, 0) is 25.1 Å². The van der Waals surface area contributed by atoms with Crippen molar-refractivity contribution in [1.82, 2.24) is 5.32 Å². The largest absolute Gasteiger partial charge is 0.392 e. The highest BCUT2D eigenvalue weighted by Gasteiger charge is 2.12. The third-order valence-corrected chi connectivity index (χ3v) is 3.04. The molecule has 0 spiro atoms. The Kier molecular flexibility index (Phi) is 5.44. The minimum Gasteiger partial charge on any atom is -0.392 e. The van der Waals surface area contributed by atoms with E-state index in [2.05, 4.69) is 21.2 Å². The molecule has 1 aromatic rings. The quantitative estimate of drug-likeness (QED) is 0.867. The minimum absolute atomic E-state index is 0.0426. The first-order valence-corrected chi connectivity index (χ1v) is 6.26. The van der Waals surface area contributed by atoms with Gasteiger partial charge in [0, 0.05) is 29.3 Å². The molecule has 4 nitrogen and oxygen atoms in total. The van der Waals surface area contributed by atoms with Crippen LogP contribution in [-0.2, 0) is 11.4 Å². The maximum Gasteiger partial charge on any atom is 0.239 e. The number of likely N-dealkylation sites (N-methyl/N-ethyl adjacent to an activating group) is 2. The third-order valence-electron chi connectivity index (χ3n) is 2.55. The Labute approximate surface area is 110 Å². The van der Waals surface area contributed by atoms with Crippen molar-refractivity contribution in [2.75, 3.05) is 25.0 Å². The summed E-state index contributed by atoms with van der Waals surface area (Å²) in [5.41, 5.74) is 1.70. The third kappa shape index (κ3) is 3.71. The molecule has 0 aliphatic rings. The van der Waals surface area contributed by atoms with Gasteiger partial charge in [-0.1, -0.05) is 15.9 Å². The molecule has 2 N–H and O–H groups in total. The number of aliphatic hydroxyl groups is 1. The van der Waals surface area contributed by atoms with Crippen LogP contribution in [-0.4, -0.2) is 31.2 Å². The summed E-state index contributed by atoms with van der Waals surface area (Å²) < 4.78 is 0.918. The summed E-state index contributed by atoms with van der Waals surface area (Å²) in [6.45, 7) is 2.94. The van der Waals surface area contributed by atoms with E-state index in [4.69, 9.17) is 0 Å². The molecule has 0 aliphatic heterocycles. The van der Waals surface area contributed by atoms with Gasteiger partial charge in [0.15, 0.2) is 0 Å². The molecule has 0 atom stereocenters. The molecule has 0 saturated heterocycles. The van der Waals surface area contributed by atoms with Gasteiger partial charge >= 0.3 is 0 Å². The van der Waals surface area contributed by atoms with E-state index in [1.165, 1.54) is 0 Å². The number of carbonyl (C=O) groups is 1. The molecule has 94 valence electrons. The van der Waals surface area contributed by atoms with Crippen LogP contribution in [0.1, 0.15) is 12.5 Å². The van der Waals surface area contributed by atoms with Crippen LogP contribution in [0.15, 0.2) is 22.7 Å². The highest BCUT2D eigenvalue weighted by atomic mass is 79.9. The molecule has 5 heteroatoms. The monoisotopic (exact) mass is 300 g/mol. The molecule has 0 aliphatic carbocycles. The predicted octanol–water partition coefficient (Wildman–Crippen LogP) is 1.51. The van der Waals surface area contributed by atoms with Gasteiger partial charge in [0.1, 0.15) is 0 Å². The second-order valence-electron chi connectivity index (χ2n) is 3.62. The van der Waals surface area contributed by atoms with Crippen molar-refractivity contribution in [3.8, 4) is 0 Å². The lowest BCUT2D eigenvalue weighted by Gasteiger charge is -2.24. The summed E-state index contributed by atoms with van der Waals surface area (Å²) in [6, 6.07) is 5.67. The SMILES string of the molecule is CCN(CC(=O)NC)c1ccc(Br)cc1CO. The number of hydrogen-bond donors (Lipinski definition) is 2. The molecule has 0 unspecified atom stereocenters. The van der Waals surface area contributed by atoms with E-state index in [1.807, 2.05) is 30.0 Å². The molecular weight excluding hydrogens is 284 g/mol. The van der Waals surface area contributed by atoms with Gasteiger partial charge in [-0.15, -0.1) is 0 Å². The van der Waals surface area contributed by atoms with Crippen molar-refractivity contribution in [2.24, 2.45) is 0 Å². The van der Waals surface area contributed by atoms with E-state index in [-0.39, 0.29) is 12.5 Å². The molecule has 1 aromatic carbocycles. The zero-order valence-electron chi connectivity index (χ0n) is 10.0. The molecule has 0 bridgehead atoms. The van der Waals surface area contributed by atoms with Crippen molar-refractivity contribution in [1.29, 1.82) is 0 Å². The number of nitrogens with one attached hydrogen (secondary N) is 1. The second-order valence-corrected chi connectivity index (χ2v) is 4.53. The standard InChI is InChI=1S/C12H17BrN2O2/c1-3-15(7-12(17)14-2)11-5-4-10(13)6-9(11)8-16/h4-6,16H,3,7-8H2,1-2H3,(H,14,17). The fraction of sp³-hybridized carbons (Fsp3) is 0.417. The number of hydrogen-bond acceptors (Lipinski definition) is 3. The van der Waals surface area contributed by atoms with Gasteiger partial charge in [0.25, 0.3) is 0 Å². The molecule has 1 amide bonds. The van der Waals surface area contributed by atoms with Crippen molar-refractivity contribution >= 4 is 27.5 Å². The highest BCUT2D eigenvalue weighted by Crippen LogP contribution is 2.24. The summed E-state index contributed by atoms with van der Waals surface area (Å²) in [4.78, 5) is 13.3. The number of anilines is 1. The van der Waals surface area contributed by atoms with Crippen LogP contribution in [0, 0.1) is 0 Å². The zero-order chi connectivity index (χ0) is 12.8. The Bertz CT molecular complexity index is 396. The maximum atomic E-state index is 11.4. The Morgan fingerprint density at radius 1 is 1.53 bits per heavy atom. The average Bonchev–Trinajstić information content (AvgIpc) is 2.35. The molecule has 0 fully saturated rings. The lowest BCUT2D eigenvalue weighted by molar-refractivity contribution is -0.119. The van der Waals surface area contributed by atoms with Crippen molar-refractivity contribution < 1.29 is 9.90 Å². The predicted molar refractivity (Wildman–Crippen MR) is 72.0 cm³/mol. The fourth-order valence-corrected chi connectivity index (χ4v) is 2.02. The summed E-state index contributed by atoms with van der Waals surface area (Å²) in [7, 11) is 1.62. The van der Waals surface area contributed by atoms with E-state index >= 15 is 0 Å². The Hall–Kier alpha value is -1.07. The Balaban J connectivity index is 2.98. The molecule has 0 aromatic heterocycles. The number of nitrogens with zero attached hydrogens (tertiary/aromatic N) is 1. The van der Waals surface area contributed by atoms with E-state index < -0.39 is 0 Å². The van der Waals surface area contributed by atoms with E-state index in [0.29, 0.717) is 13.1 Å². The zero-order valence-corrected chi connectivity index (χ0v) is 11.6. The number of halogens is 1. The summed E-state index contributed by atoms with van der Waals surface area (Å²) in [5.74, 6) is -0.0429. The minimum atomic E-state index is -0.0429. The van der Waals surface area contributed by atoms with E-state index in [1.54, 1.807) is 7.05 Å². The first-order chi connectivity index (χ1) is 8.12. The van der Waals surface area contributed by atoms with Gasteiger partial charge < -0.3 is 15.3 Å². The topological polar surface area (TPSA) is 52.6 Å². The van der Waals surface area contributed by atoms with E-state index in [0.717, 1.165) is 15.7 Å². The van der Waals surface area contributed by atoms with Crippen molar-refractivity contribution in [3.05, 3.63) is 28.2 Å². The number of rotatable bonds is 5. The Morgan fingerprint density at radius 3 is 2.76 bits per heavy atom. The van der Waals surface area contributed by atoms with Crippen LogP contribution in [0.4, 0.5) is 5.69 Å². The van der Waals surface area contributed by atoms with Gasteiger partial charge in [-0.25, -0.2) is 0 Å². The first-order valence-electron chi connectivity index (χ1n) is 5.47. The van der Waals surface area contributed by atoms with Crippen LogP contribution in [0.25, 0.3) is 0 Å². The number of amides is 1. The van der Waals surface area contributed by atoms with Crippen molar-refractivity contribution in [3.63, 3.8) is 0 Å². The average molecular weight is 301 g/mol. The lowest BCUT2D eigenvalue weighted by atomic mass is 10.1. The summed E-state index contributed by atoms with van der Waals surface area (Å²) in [5, 5.41) is 11.9. The molecule has 17 heavy (non-hydrogen) atoms. The normalized spacial score (nSPS) is 10.1. The summed E-state index contributed by atoms with van der Waals surface area (Å²) >= 11 is 3.36. The summed E-state index contributed by atoms with van der Waals surface area (Å²) in [6.07, 6.45) is 0. The number of aliphatic hydroxyl groups excluding tert-OH is 1. The Morgan fingerprint density at radius 2 is 2.24 bits per heavy atom. The van der Waals surface area contributed by atoms with Crippen LogP contribution >= 0.6 is 15.9 Å². The number of benzene rings is 1. The van der Waals surface area contributed by atoms with Gasteiger partial charge in [0.2, 0.25) is 5.91 Å². The van der Waals surface area contributed by atoms with E-state index in [9.17, 15) is 9.90 Å². The molecule has 1 rings (SSSR count). The molecule has 0 saturated carbocycles. The molecule has 0 radical (unpaired) electrons. The molecule has 0 heterocycles. The highest BCUT2D eigenvalue weighted by molar-refractivity contribution is 9.10. The fourth-order valence-electron chi connectivity index (χ4n) is 1.61. The first kappa shape index (κ1) is 14.0. The maximum absolute atomic E-state index is 11.4. The van der Waals surface area contributed by atoms with Crippen LogP contribution in [0.5, 0.6) is 0 Å². The van der Waals surface area contributed by atoms with Crippen LogP contribution < -0.4 is 10.2 Å². The van der Waals surface area contributed by atoms with Gasteiger partial charge in [-0.2, -0.15) is 0 Å². The lowest BCUT2D eigenvalue weighted by Crippen LogP contribution is -2.36. The smallest absolute Gasteiger partial charge is 0.239 e. The molecular formula is C12H17BrN2O2. The van der Waals surface area contributed by atoms with Crippen LogP contribution in [0.3, 0.4) is 0 Å². The number of carbonyl (C=O) groups excluding carboxylic acids is 1. The second kappa shape index (κ2) is 6.61. The van der Waals surface area contributed by atoms with Crippen molar-refractivity contribution in [2.45, 2.75) is 13.5 Å². The van der Waals surface area contributed by atoms with Gasteiger partial charge in [-0.3, -0.25) is 4.79 Å².